The average Bonchev–Trinajstić information content (AvgIpc) is 2.97. The van der Waals surface area contributed by atoms with Crippen LogP contribution in [0.3, 0.4) is 0 Å². The molecule has 0 aliphatic rings. The average molecular weight is 500 g/mol. The molecule has 2 aromatic heterocycles. The van der Waals surface area contributed by atoms with Crippen molar-refractivity contribution in [2.45, 2.75) is 53.1 Å². The monoisotopic (exact) mass is 500 g/mol. The van der Waals surface area contributed by atoms with E-state index in [0.29, 0.717) is 0 Å². The largest absolute Gasteiger partial charge is 0.357 e. The number of unbranched alkanes of at least 4 members (excludes halogenated alkanes) is 1. The van der Waals surface area contributed by atoms with Gasteiger partial charge in [-0.3, -0.25) is 14.5 Å². The van der Waals surface area contributed by atoms with Gasteiger partial charge in [-0.15, -0.1) is 24.0 Å². The van der Waals surface area contributed by atoms with Gasteiger partial charge >= 0.3 is 0 Å². The molecule has 0 spiro atoms. The second kappa shape index (κ2) is 13.4. The number of aromatic nitrogens is 3. The first kappa shape index (κ1) is 24.2. The number of aliphatic imine (C=N–C) groups is 1. The van der Waals surface area contributed by atoms with Crippen molar-refractivity contribution in [2.75, 3.05) is 19.6 Å². The fourth-order valence-corrected chi connectivity index (χ4v) is 2.91. The molecule has 0 radical (unpaired) electrons. The van der Waals surface area contributed by atoms with Gasteiger partial charge in [0.25, 0.3) is 0 Å². The molecule has 0 unspecified atom stereocenters. The molecule has 2 heterocycles. The fourth-order valence-electron chi connectivity index (χ4n) is 2.91. The third-order valence-electron chi connectivity index (χ3n) is 4.26. The SMILES string of the molecule is CCNC(=NCCCn1nc(C)cc1C)NCCCCn1ccccc1=O.I. The van der Waals surface area contributed by atoms with E-state index >= 15 is 0 Å². The Balaban J connectivity index is 0.00000392. The van der Waals surface area contributed by atoms with E-state index in [9.17, 15) is 4.79 Å². The summed E-state index contributed by atoms with van der Waals surface area (Å²) in [6.07, 6.45) is 4.73. The highest BCUT2D eigenvalue weighted by atomic mass is 127. The minimum absolute atomic E-state index is 0. The number of rotatable bonds is 10. The maximum atomic E-state index is 11.7. The second-order valence-corrected chi connectivity index (χ2v) is 6.63. The first-order chi connectivity index (χ1) is 13.1. The van der Waals surface area contributed by atoms with Gasteiger partial charge in [-0.2, -0.15) is 5.10 Å². The predicted molar refractivity (Wildman–Crippen MR) is 126 cm³/mol. The molecule has 0 bridgehead atoms. The summed E-state index contributed by atoms with van der Waals surface area (Å²) < 4.78 is 3.79. The molecule has 0 atom stereocenters. The normalized spacial score (nSPS) is 11.2. The van der Waals surface area contributed by atoms with Gasteiger partial charge < -0.3 is 15.2 Å². The lowest BCUT2D eigenvalue weighted by atomic mass is 10.3. The van der Waals surface area contributed by atoms with Gasteiger partial charge in [0.1, 0.15) is 0 Å². The van der Waals surface area contributed by atoms with Crippen molar-refractivity contribution in [1.29, 1.82) is 0 Å². The maximum Gasteiger partial charge on any atom is 0.250 e. The van der Waals surface area contributed by atoms with E-state index in [1.54, 1.807) is 16.7 Å². The number of pyridine rings is 1. The van der Waals surface area contributed by atoms with Crippen molar-refractivity contribution in [3.05, 3.63) is 52.2 Å². The van der Waals surface area contributed by atoms with Crippen LogP contribution in [0.4, 0.5) is 0 Å². The lowest BCUT2D eigenvalue weighted by Crippen LogP contribution is -2.38. The molecule has 156 valence electrons. The summed E-state index contributed by atoms with van der Waals surface area (Å²) in [4.78, 5) is 16.3. The van der Waals surface area contributed by atoms with Crippen LogP contribution in [0.15, 0.2) is 40.2 Å². The molecule has 0 aliphatic carbocycles. The minimum atomic E-state index is 0. The van der Waals surface area contributed by atoms with Crippen LogP contribution in [-0.4, -0.2) is 39.9 Å². The zero-order chi connectivity index (χ0) is 19.5. The summed E-state index contributed by atoms with van der Waals surface area (Å²) in [5.74, 6) is 0.850. The molecule has 0 aliphatic heterocycles. The molecule has 0 saturated carbocycles. The molecule has 2 aromatic rings. The Labute approximate surface area is 184 Å². The van der Waals surface area contributed by atoms with Crippen LogP contribution in [0.2, 0.25) is 0 Å². The van der Waals surface area contributed by atoms with Crippen LogP contribution in [0.5, 0.6) is 0 Å². The first-order valence-electron chi connectivity index (χ1n) is 9.79. The van der Waals surface area contributed by atoms with Crippen LogP contribution < -0.4 is 16.2 Å². The van der Waals surface area contributed by atoms with Gasteiger partial charge in [-0.25, -0.2) is 0 Å². The Morgan fingerprint density at radius 2 is 1.96 bits per heavy atom. The predicted octanol–water partition coefficient (Wildman–Crippen LogP) is 2.71. The van der Waals surface area contributed by atoms with E-state index in [1.807, 2.05) is 23.9 Å². The van der Waals surface area contributed by atoms with Gasteiger partial charge in [0.05, 0.1) is 5.69 Å². The smallest absolute Gasteiger partial charge is 0.250 e. The molecule has 0 amide bonds. The Morgan fingerprint density at radius 3 is 2.64 bits per heavy atom. The summed E-state index contributed by atoms with van der Waals surface area (Å²) in [5.41, 5.74) is 2.31. The summed E-state index contributed by atoms with van der Waals surface area (Å²) >= 11 is 0. The van der Waals surface area contributed by atoms with Crippen LogP contribution in [0.25, 0.3) is 0 Å². The van der Waals surface area contributed by atoms with Crippen molar-refractivity contribution in [3.8, 4) is 0 Å². The topological polar surface area (TPSA) is 76.2 Å². The van der Waals surface area contributed by atoms with E-state index in [0.717, 1.165) is 63.6 Å². The van der Waals surface area contributed by atoms with E-state index in [2.05, 4.69) is 40.6 Å². The number of nitrogens with zero attached hydrogens (tertiary/aromatic N) is 4. The molecule has 28 heavy (non-hydrogen) atoms. The molecule has 0 fully saturated rings. The molecule has 7 nitrogen and oxygen atoms in total. The quantitative estimate of drug-likeness (QED) is 0.228. The van der Waals surface area contributed by atoms with E-state index < -0.39 is 0 Å². The van der Waals surface area contributed by atoms with Gasteiger partial charge in [-0.05, 0) is 52.2 Å². The number of hydrogen-bond acceptors (Lipinski definition) is 3. The molecule has 2 rings (SSSR count). The Bertz CT molecular complexity index is 783. The minimum Gasteiger partial charge on any atom is -0.357 e. The number of nitrogens with one attached hydrogen (secondary N) is 2. The number of aryl methyl sites for hydroxylation is 4. The summed E-state index contributed by atoms with van der Waals surface area (Å²) in [5, 5.41) is 11.1. The lowest BCUT2D eigenvalue weighted by Gasteiger charge is -2.11. The third kappa shape index (κ3) is 8.45. The fraction of sp³-hybridized carbons (Fsp3) is 0.550. The maximum absolute atomic E-state index is 11.7. The van der Waals surface area contributed by atoms with Gasteiger partial charge in [0, 0.05) is 50.7 Å². The Kier molecular flexibility index (Phi) is 11.5. The lowest BCUT2D eigenvalue weighted by molar-refractivity contribution is 0.565. The van der Waals surface area contributed by atoms with E-state index in [-0.39, 0.29) is 29.5 Å². The van der Waals surface area contributed by atoms with E-state index in [4.69, 9.17) is 0 Å². The first-order valence-corrected chi connectivity index (χ1v) is 9.79. The zero-order valence-corrected chi connectivity index (χ0v) is 19.5. The zero-order valence-electron chi connectivity index (χ0n) is 17.1. The highest BCUT2D eigenvalue weighted by molar-refractivity contribution is 14.0. The van der Waals surface area contributed by atoms with Crippen molar-refractivity contribution >= 4 is 29.9 Å². The highest BCUT2D eigenvalue weighted by Gasteiger charge is 2.01. The molecule has 8 heteroatoms. The van der Waals surface area contributed by atoms with Gasteiger partial charge in [0.15, 0.2) is 5.96 Å². The second-order valence-electron chi connectivity index (χ2n) is 6.63. The number of hydrogen-bond donors (Lipinski definition) is 2. The summed E-state index contributed by atoms with van der Waals surface area (Å²) in [6.45, 7) is 10.2. The standard InChI is InChI=1S/C20H32N6O.HI/c1-4-21-20(23-12-9-15-26-18(3)16-17(2)24-26)22-11-6-8-14-25-13-7-5-10-19(25)27;/h5,7,10,13,16H,4,6,8-9,11-12,14-15H2,1-3H3,(H2,21,22,23);1H. The summed E-state index contributed by atoms with van der Waals surface area (Å²) in [7, 11) is 0. The van der Waals surface area contributed by atoms with Crippen LogP contribution >= 0.6 is 24.0 Å². The number of halogens is 1. The van der Waals surface area contributed by atoms with Crippen molar-refractivity contribution in [1.82, 2.24) is 25.0 Å². The van der Waals surface area contributed by atoms with Crippen molar-refractivity contribution < 1.29 is 0 Å². The molecule has 0 saturated heterocycles. The van der Waals surface area contributed by atoms with Gasteiger partial charge in [-0.1, -0.05) is 6.07 Å². The van der Waals surface area contributed by atoms with E-state index in [1.165, 1.54) is 5.69 Å². The molecule has 2 N–H and O–H groups in total. The van der Waals surface area contributed by atoms with Crippen molar-refractivity contribution in [3.63, 3.8) is 0 Å². The molecular formula is C20H33IN6O. The number of guanidine groups is 1. The van der Waals surface area contributed by atoms with Crippen LogP contribution in [-0.2, 0) is 13.1 Å². The van der Waals surface area contributed by atoms with Crippen LogP contribution in [0.1, 0.15) is 37.6 Å². The van der Waals surface area contributed by atoms with Gasteiger partial charge in [0.2, 0.25) is 5.56 Å². The Hall–Kier alpha value is -1.84. The van der Waals surface area contributed by atoms with Crippen LogP contribution in [0, 0.1) is 13.8 Å². The Morgan fingerprint density at radius 1 is 1.14 bits per heavy atom. The highest BCUT2D eigenvalue weighted by Crippen LogP contribution is 2.02. The summed E-state index contributed by atoms with van der Waals surface area (Å²) in [6, 6.07) is 7.36. The molecule has 0 aromatic carbocycles. The third-order valence-corrected chi connectivity index (χ3v) is 4.26. The van der Waals surface area contributed by atoms with Crippen molar-refractivity contribution in [2.24, 2.45) is 4.99 Å². The molecular weight excluding hydrogens is 467 g/mol.